The summed E-state index contributed by atoms with van der Waals surface area (Å²) in [4.78, 5) is 5.64. The normalized spacial score (nSPS) is 19.4. The van der Waals surface area contributed by atoms with Crippen LogP contribution in [0.4, 0.5) is 13.2 Å². The summed E-state index contributed by atoms with van der Waals surface area (Å²) < 4.78 is 39.0. The van der Waals surface area contributed by atoms with Crippen LogP contribution in [0.5, 0.6) is 0 Å². The van der Waals surface area contributed by atoms with Gasteiger partial charge in [0.1, 0.15) is 0 Å². The second-order valence-electron chi connectivity index (χ2n) is 4.24. The average Bonchev–Trinajstić information content (AvgIpc) is 2.71. The molecular weight excluding hydrogens is 255 g/mol. The molecule has 0 saturated heterocycles. The molecule has 2 rings (SSSR count). The Labute approximate surface area is 109 Å². The van der Waals surface area contributed by atoms with E-state index in [-0.39, 0.29) is 18.1 Å². The van der Waals surface area contributed by atoms with Crippen LogP contribution in [0.1, 0.15) is 17.2 Å². The number of rotatable bonds is 3. The van der Waals surface area contributed by atoms with Crippen LogP contribution in [0.25, 0.3) is 0 Å². The van der Waals surface area contributed by atoms with Crippen LogP contribution < -0.4 is 5.73 Å². The number of benzene rings is 1. The minimum absolute atomic E-state index is 0.195. The molecule has 1 aromatic carbocycles. The Hall–Kier alpha value is -1.98. The molecule has 1 unspecified atom stereocenters. The van der Waals surface area contributed by atoms with Gasteiger partial charge in [0.2, 0.25) is 0 Å². The molecule has 1 atom stereocenters. The third-order valence-corrected chi connectivity index (χ3v) is 3.05. The smallest absolute Gasteiger partial charge is 0.370 e. The van der Waals surface area contributed by atoms with Crippen molar-refractivity contribution in [3.05, 3.63) is 48.0 Å². The van der Waals surface area contributed by atoms with E-state index in [0.29, 0.717) is 6.54 Å². The molecule has 6 heteroatoms. The zero-order valence-electron chi connectivity index (χ0n) is 10.2. The van der Waals surface area contributed by atoms with Gasteiger partial charge in [-0.3, -0.25) is 4.99 Å². The lowest BCUT2D eigenvalue weighted by Crippen LogP contribution is -2.36. The fourth-order valence-corrected chi connectivity index (χ4v) is 2.20. The summed E-state index contributed by atoms with van der Waals surface area (Å²) in [6.45, 7) is 4.18. The highest BCUT2D eigenvalue weighted by atomic mass is 19.4. The summed E-state index contributed by atoms with van der Waals surface area (Å²) in [5.41, 5.74) is 5.25. The molecular formula is C13H14F3N3. The quantitative estimate of drug-likeness (QED) is 0.857. The minimum Gasteiger partial charge on any atom is -0.370 e. The Morgan fingerprint density at radius 2 is 2.11 bits per heavy atom. The first-order valence-corrected chi connectivity index (χ1v) is 5.78. The predicted molar refractivity (Wildman–Crippen MR) is 67.6 cm³/mol. The van der Waals surface area contributed by atoms with Crippen LogP contribution in [0.15, 0.2) is 41.9 Å². The van der Waals surface area contributed by atoms with Gasteiger partial charge in [0, 0.05) is 6.54 Å². The zero-order valence-corrected chi connectivity index (χ0v) is 10.2. The van der Waals surface area contributed by atoms with E-state index in [2.05, 4.69) is 11.6 Å². The first-order valence-electron chi connectivity index (χ1n) is 5.78. The molecule has 3 nitrogen and oxygen atoms in total. The van der Waals surface area contributed by atoms with Crippen LogP contribution in [0.3, 0.4) is 0 Å². The van der Waals surface area contributed by atoms with E-state index in [1.807, 2.05) is 0 Å². The van der Waals surface area contributed by atoms with Crippen molar-refractivity contribution >= 4 is 5.96 Å². The number of hydrogen-bond acceptors (Lipinski definition) is 3. The van der Waals surface area contributed by atoms with Gasteiger partial charge < -0.3 is 10.6 Å². The Morgan fingerprint density at radius 3 is 2.74 bits per heavy atom. The maximum atomic E-state index is 13.0. The number of alkyl halides is 3. The first kappa shape index (κ1) is 13.5. The zero-order chi connectivity index (χ0) is 14.0. The Bertz CT molecular complexity index is 508. The van der Waals surface area contributed by atoms with Gasteiger partial charge in [-0.2, -0.15) is 13.2 Å². The lowest BCUT2D eigenvalue weighted by Gasteiger charge is -2.27. The number of guanidine groups is 1. The minimum atomic E-state index is -4.38. The highest BCUT2D eigenvalue weighted by Gasteiger charge is 2.37. The lowest BCUT2D eigenvalue weighted by molar-refractivity contribution is -0.138. The maximum Gasteiger partial charge on any atom is 0.416 e. The van der Waals surface area contributed by atoms with Crippen molar-refractivity contribution in [1.82, 2.24) is 4.90 Å². The fraction of sp³-hybridized carbons (Fsp3) is 0.308. The third-order valence-electron chi connectivity index (χ3n) is 3.05. The number of halogens is 3. The topological polar surface area (TPSA) is 41.6 Å². The number of hydrogen-bond donors (Lipinski definition) is 1. The van der Waals surface area contributed by atoms with Gasteiger partial charge in [-0.15, -0.1) is 6.58 Å². The van der Waals surface area contributed by atoms with Crippen molar-refractivity contribution in [2.75, 3.05) is 13.1 Å². The van der Waals surface area contributed by atoms with E-state index in [1.54, 1.807) is 17.0 Å². The van der Waals surface area contributed by atoms with Crippen molar-refractivity contribution in [3.8, 4) is 0 Å². The molecule has 1 aromatic rings. The standard InChI is InChI=1S/C13H14F3N3/c1-2-7-19-11(8-18-12(19)17)9-5-3-4-6-10(9)13(14,15)16/h2-6,11H,1,7-8H2,(H2,17,18). The predicted octanol–water partition coefficient (Wildman–Crippen LogP) is 2.56. The third kappa shape index (κ3) is 2.57. The van der Waals surface area contributed by atoms with Gasteiger partial charge in [-0.05, 0) is 11.6 Å². The molecule has 1 aliphatic heterocycles. The van der Waals surface area contributed by atoms with Crippen LogP contribution >= 0.6 is 0 Å². The van der Waals surface area contributed by atoms with Gasteiger partial charge in [0.25, 0.3) is 0 Å². The van der Waals surface area contributed by atoms with Crippen molar-refractivity contribution in [3.63, 3.8) is 0 Å². The molecule has 0 aromatic heterocycles. The van der Waals surface area contributed by atoms with E-state index < -0.39 is 17.8 Å². The van der Waals surface area contributed by atoms with E-state index in [4.69, 9.17) is 5.73 Å². The second kappa shape index (κ2) is 4.95. The van der Waals surface area contributed by atoms with Gasteiger partial charge >= 0.3 is 6.18 Å². The summed E-state index contributed by atoms with van der Waals surface area (Å²) in [6, 6.07) is 5.03. The second-order valence-corrected chi connectivity index (χ2v) is 4.24. The number of nitrogens with zero attached hydrogens (tertiary/aromatic N) is 2. The SMILES string of the molecule is C=CCN1C(N)=NCC1c1ccccc1C(F)(F)F. The van der Waals surface area contributed by atoms with Crippen molar-refractivity contribution in [1.29, 1.82) is 0 Å². The van der Waals surface area contributed by atoms with Crippen molar-refractivity contribution in [2.24, 2.45) is 10.7 Å². The summed E-state index contributed by atoms with van der Waals surface area (Å²) >= 11 is 0. The molecule has 0 spiro atoms. The van der Waals surface area contributed by atoms with Crippen LogP contribution in [0.2, 0.25) is 0 Å². The van der Waals surface area contributed by atoms with Gasteiger partial charge in [-0.1, -0.05) is 24.3 Å². The molecule has 1 heterocycles. The molecule has 1 aliphatic rings. The summed E-state index contributed by atoms with van der Waals surface area (Å²) in [7, 11) is 0. The van der Waals surface area contributed by atoms with Crippen molar-refractivity contribution in [2.45, 2.75) is 12.2 Å². The number of nitrogens with two attached hydrogens (primary N) is 1. The molecule has 0 radical (unpaired) electrons. The average molecular weight is 269 g/mol. The summed E-state index contributed by atoms with van der Waals surface area (Å²) in [5.74, 6) is 0.252. The largest absolute Gasteiger partial charge is 0.416 e. The maximum absolute atomic E-state index is 13.0. The highest BCUT2D eigenvalue weighted by Crippen LogP contribution is 2.37. The molecule has 0 bridgehead atoms. The lowest BCUT2D eigenvalue weighted by atomic mass is 9.99. The molecule has 0 amide bonds. The molecule has 0 saturated carbocycles. The van der Waals surface area contributed by atoms with Crippen LogP contribution in [-0.2, 0) is 6.18 Å². The van der Waals surface area contributed by atoms with E-state index in [1.165, 1.54) is 12.1 Å². The highest BCUT2D eigenvalue weighted by molar-refractivity contribution is 5.80. The summed E-state index contributed by atoms with van der Waals surface area (Å²) in [6.07, 6.45) is -2.79. The van der Waals surface area contributed by atoms with Crippen LogP contribution in [0, 0.1) is 0 Å². The Kier molecular flexibility index (Phi) is 3.50. The molecule has 2 N–H and O–H groups in total. The fourth-order valence-electron chi connectivity index (χ4n) is 2.20. The Morgan fingerprint density at radius 1 is 1.42 bits per heavy atom. The van der Waals surface area contributed by atoms with E-state index in [9.17, 15) is 13.2 Å². The van der Waals surface area contributed by atoms with Gasteiger partial charge in [-0.25, -0.2) is 0 Å². The van der Waals surface area contributed by atoms with E-state index in [0.717, 1.165) is 6.07 Å². The Balaban J connectivity index is 2.40. The summed E-state index contributed by atoms with van der Waals surface area (Å²) in [5, 5.41) is 0. The molecule has 102 valence electrons. The van der Waals surface area contributed by atoms with E-state index >= 15 is 0 Å². The molecule has 0 aliphatic carbocycles. The number of aliphatic imine (C=N–C) groups is 1. The molecule has 0 fully saturated rings. The van der Waals surface area contributed by atoms with Gasteiger partial charge in [0.15, 0.2) is 5.96 Å². The van der Waals surface area contributed by atoms with Gasteiger partial charge in [0.05, 0.1) is 18.2 Å². The monoisotopic (exact) mass is 269 g/mol. The van der Waals surface area contributed by atoms with Crippen LogP contribution in [-0.4, -0.2) is 23.9 Å². The van der Waals surface area contributed by atoms with Crippen molar-refractivity contribution < 1.29 is 13.2 Å². The molecule has 19 heavy (non-hydrogen) atoms. The first-order chi connectivity index (χ1) is 8.95.